The molecular formula is C16H26N2O2. The van der Waals surface area contributed by atoms with Crippen LogP contribution in [0.2, 0.25) is 0 Å². The molecule has 112 valence electrons. The van der Waals surface area contributed by atoms with Crippen LogP contribution in [0, 0.1) is 5.92 Å². The number of rotatable bonds is 7. The van der Waals surface area contributed by atoms with Gasteiger partial charge >= 0.3 is 0 Å². The fourth-order valence-corrected chi connectivity index (χ4v) is 2.26. The molecule has 4 nitrogen and oxygen atoms in total. The van der Waals surface area contributed by atoms with Gasteiger partial charge in [-0.15, -0.1) is 0 Å². The second kappa shape index (κ2) is 7.90. The first-order valence-corrected chi connectivity index (χ1v) is 7.28. The van der Waals surface area contributed by atoms with E-state index in [2.05, 4.69) is 6.92 Å². The molecule has 2 atom stereocenters. The van der Waals surface area contributed by atoms with E-state index in [1.54, 1.807) is 18.2 Å². The molecule has 4 heteroatoms. The van der Waals surface area contributed by atoms with Crippen LogP contribution in [0.1, 0.15) is 45.2 Å². The van der Waals surface area contributed by atoms with Crippen LogP contribution in [-0.2, 0) is 4.79 Å². The topological polar surface area (TPSA) is 66.6 Å². The number of phenolic OH excluding ortho intramolecular Hbond substituents is 1. The van der Waals surface area contributed by atoms with Crippen LogP contribution in [-0.4, -0.2) is 29.0 Å². The summed E-state index contributed by atoms with van der Waals surface area (Å²) in [6, 6.07) is 7.05. The minimum atomic E-state index is -0.0345. The molecule has 0 radical (unpaired) electrons. The number of aromatic hydroxyl groups is 1. The molecular weight excluding hydrogens is 252 g/mol. The summed E-state index contributed by atoms with van der Waals surface area (Å²) in [4.78, 5) is 14.2. The second-order valence-electron chi connectivity index (χ2n) is 5.33. The normalized spacial score (nSPS) is 13.8. The van der Waals surface area contributed by atoms with Gasteiger partial charge in [0.2, 0.25) is 5.91 Å². The van der Waals surface area contributed by atoms with E-state index in [-0.39, 0.29) is 17.7 Å². The van der Waals surface area contributed by atoms with Crippen LogP contribution in [0.5, 0.6) is 5.75 Å². The van der Waals surface area contributed by atoms with Gasteiger partial charge in [-0.05, 0) is 50.4 Å². The Balaban J connectivity index is 2.71. The van der Waals surface area contributed by atoms with E-state index in [9.17, 15) is 9.90 Å². The summed E-state index contributed by atoms with van der Waals surface area (Å²) >= 11 is 0. The standard InChI is InChI=1S/C16H26N2O2/c1-4-18(16(20)9-8-12(2)11-17)13(3)14-6-5-7-15(19)10-14/h5-7,10,12-13,19H,4,8-9,11,17H2,1-3H3. The number of hydrogen-bond acceptors (Lipinski definition) is 3. The fraction of sp³-hybridized carbons (Fsp3) is 0.562. The number of nitrogens with zero attached hydrogens (tertiary/aromatic N) is 1. The zero-order valence-corrected chi connectivity index (χ0v) is 12.7. The van der Waals surface area contributed by atoms with E-state index in [1.165, 1.54) is 0 Å². The minimum Gasteiger partial charge on any atom is -0.508 e. The monoisotopic (exact) mass is 278 g/mol. The third-order valence-corrected chi connectivity index (χ3v) is 3.73. The van der Waals surface area contributed by atoms with Gasteiger partial charge < -0.3 is 15.7 Å². The van der Waals surface area contributed by atoms with Gasteiger partial charge in [0.05, 0.1) is 6.04 Å². The predicted octanol–water partition coefficient (Wildman–Crippen LogP) is 2.68. The Morgan fingerprint density at radius 3 is 2.65 bits per heavy atom. The molecule has 0 aliphatic rings. The van der Waals surface area contributed by atoms with Gasteiger partial charge in [-0.1, -0.05) is 19.1 Å². The summed E-state index contributed by atoms with van der Waals surface area (Å²) in [6.07, 6.45) is 1.34. The number of carbonyl (C=O) groups excluding carboxylic acids is 1. The molecule has 0 heterocycles. The first-order valence-electron chi connectivity index (χ1n) is 7.28. The highest BCUT2D eigenvalue weighted by Gasteiger charge is 2.20. The molecule has 2 unspecified atom stereocenters. The zero-order valence-electron chi connectivity index (χ0n) is 12.7. The molecule has 1 aromatic rings. The number of carbonyl (C=O) groups is 1. The Bertz CT molecular complexity index is 434. The van der Waals surface area contributed by atoms with Crippen LogP contribution in [0.4, 0.5) is 0 Å². The third-order valence-electron chi connectivity index (χ3n) is 3.73. The Morgan fingerprint density at radius 2 is 2.10 bits per heavy atom. The lowest BCUT2D eigenvalue weighted by atomic mass is 10.0. The highest BCUT2D eigenvalue weighted by molar-refractivity contribution is 5.76. The summed E-state index contributed by atoms with van der Waals surface area (Å²) in [7, 11) is 0. The number of benzene rings is 1. The van der Waals surface area contributed by atoms with Gasteiger partial charge in [0.1, 0.15) is 5.75 Å². The number of nitrogens with two attached hydrogens (primary N) is 1. The molecule has 1 aromatic carbocycles. The second-order valence-corrected chi connectivity index (χ2v) is 5.33. The van der Waals surface area contributed by atoms with Crippen molar-refractivity contribution in [1.82, 2.24) is 4.90 Å². The predicted molar refractivity (Wildman–Crippen MR) is 81.4 cm³/mol. The van der Waals surface area contributed by atoms with E-state index in [0.29, 0.717) is 25.4 Å². The average Bonchev–Trinajstić information content (AvgIpc) is 2.45. The maximum Gasteiger partial charge on any atom is 0.223 e. The maximum atomic E-state index is 12.3. The van der Waals surface area contributed by atoms with Crippen molar-refractivity contribution in [2.24, 2.45) is 11.7 Å². The Labute approximate surface area is 121 Å². The van der Waals surface area contributed by atoms with E-state index in [1.807, 2.05) is 24.8 Å². The molecule has 1 rings (SSSR count). The fourth-order valence-electron chi connectivity index (χ4n) is 2.26. The Kier molecular flexibility index (Phi) is 6.52. The number of hydrogen-bond donors (Lipinski definition) is 2. The van der Waals surface area contributed by atoms with Crippen LogP contribution in [0.3, 0.4) is 0 Å². The maximum absolute atomic E-state index is 12.3. The summed E-state index contributed by atoms with van der Waals surface area (Å²) in [6.45, 7) is 7.29. The van der Waals surface area contributed by atoms with Crippen molar-refractivity contribution in [3.8, 4) is 5.75 Å². The van der Waals surface area contributed by atoms with Crippen molar-refractivity contribution in [3.05, 3.63) is 29.8 Å². The molecule has 0 saturated heterocycles. The molecule has 0 spiro atoms. The van der Waals surface area contributed by atoms with Crippen molar-refractivity contribution in [3.63, 3.8) is 0 Å². The van der Waals surface area contributed by atoms with Crippen molar-refractivity contribution < 1.29 is 9.90 Å². The largest absolute Gasteiger partial charge is 0.508 e. The molecule has 0 aromatic heterocycles. The molecule has 1 amide bonds. The van der Waals surface area contributed by atoms with Gasteiger partial charge in [0.25, 0.3) is 0 Å². The zero-order chi connectivity index (χ0) is 15.1. The van der Waals surface area contributed by atoms with Gasteiger partial charge in [-0.25, -0.2) is 0 Å². The van der Waals surface area contributed by atoms with Crippen molar-refractivity contribution in [2.45, 2.75) is 39.7 Å². The lowest BCUT2D eigenvalue weighted by molar-refractivity contribution is -0.133. The smallest absolute Gasteiger partial charge is 0.223 e. The Morgan fingerprint density at radius 1 is 1.40 bits per heavy atom. The summed E-state index contributed by atoms with van der Waals surface area (Å²) in [5.41, 5.74) is 6.53. The summed E-state index contributed by atoms with van der Waals surface area (Å²) < 4.78 is 0. The molecule has 20 heavy (non-hydrogen) atoms. The average molecular weight is 278 g/mol. The van der Waals surface area contributed by atoms with Crippen LogP contribution < -0.4 is 5.73 Å². The van der Waals surface area contributed by atoms with Gasteiger partial charge in [-0.2, -0.15) is 0 Å². The SMILES string of the molecule is CCN(C(=O)CCC(C)CN)C(C)c1cccc(O)c1. The molecule has 0 aliphatic carbocycles. The third kappa shape index (κ3) is 4.53. The molecule has 0 fully saturated rings. The lowest BCUT2D eigenvalue weighted by Gasteiger charge is -2.29. The van der Waals surface area contributed by atoms with E-state index < -0.39 is 0 Å². The van der Waals surface area contributed by atoms with Gasteiger partial charge in [-0.3, -0.25) is 4.79 Å². The van der Waals surface area contributed by atoms with E-state index in [4.69, 9.17) is 5.73 Å². The highest BCUT2D eigenvalue weighted by Crippen LogP contribution is 2.24. The van der Waals surface area contributed by atoms with Crippen LogP contribution >= 0.6 is 0 Å². The summed E-state index contributed by atoms with van der Waals surface area (Å²) in [5, 5.41) is 9.55. The highest BCUT2D eigenvalue weighted by atomic mass is 16.3. The van der Waals surface area contributed by atoms with Crippen LogP contribution in [0.25, 0.3) is 0 Å². The summed E-state index contributed by atoms with van der Waals surface area (Å²) in [5.74, 6) is 0.743. The van der Waals surface area contributed by atoms with Crippen molar-refractivity contribution in [1.29, 1.82) is 0 Å². The van der Waals surface area contributed by atoms with Crippen LogP contribution in [0.15, 0.2) is 24.3 Å². The molecule has 3 N–H and O–H groups in total. The quantitative estimate of drug-likeness (QED) is 0.806. The molecule has 0 saturated carbocycles. The lowest BCUT2D eigenvalue weighted by Crippen LogP contribution is -2.33. The van der Waals surface area contributed by atoms with E-state index in [0.717, 1.165) is 12.0 Å². The minimum absolute atomic E-state index is 0.0345. The van der Waals surface area contributed by atoms with Crippen molar-refractivity contribution >= 4 is 5.91 Å². The first kappa shape index (κ1) is 16.5. The molecule has 0 aliphatic heterocycles. The number of amides is 1. The van der Waals surface area contributed by atoms with E-state index >= 15 is 0 Å². The van der Waals surface area contributed by atoms with Crippen molar-refractivity contribution in [2.75, 3.05) is 13.1 Å². The number of phenols is 1. The van der Waals surface area contributed by atoms with Gasteiger partial charge in [0.15, 0.2) is 0 Å². The van der Waals surface area contributed by atoms with Gasteiger partial charge in [0, 0.05) is 13.0 Å². The first-order chi connectivity index (χ1) is 9.49. The molecule has 0 bridgehead atoms. The Hall–Kier alpha value is -1.55.